The molecule has 3 aliphatic rings. The van der Waals surface area contributed by atoms with Crippen molar-refractivity contribution in [3.63, 3.8) is 0 Å². The number of benzene rings is 2. The number of rotatable bonds is 14. The van der Waals surface area contributed by atoms with Gasteiger partial charge in [-0.25, -0.2) is 9.67 Å². The third kappa shape index (κ3) is 8.58. The minimum absolute atomic E-state index is 0.0187. The van der Waals surface area contributed by atoms with Crippen LogP contribution in [0.25, 0.3) is 22.0 Å². The number of ether oxygens (including phenoxy) is 3. The van der Waals surface area contributed by atoms with Gasteiger partial charge in [0.15, 0.2) is 17.6 Å². The van der Waals surface area contributed by atoms with Crippen LogP contribution in [-0.4, -0.2) is 89.0 Å². The number of carbonyl (C=O) groups is 1. The number of carbonyl (C=O) groups excluding carboxylic acids is 1. The van der Waals surface area contributed by atoms with E-state index < -0.39 is 37.0 Å². The summed E-state index contributed by atoms with van der Waals surface area (Å²) in [5.41, 5.74) is 0.348. The molecule has 0 amide bonds. The molecule has 2 saturated heterocycles. The van der Waals surface area contributed by atoms with Crippen molar-refractivity contribution in [2.45, 2.75) is 62.1 Å². The van der Waals surface area contributed by atoms with Gasteiger partial charge in [0.2, 0.25) is 11.8 Å². The number of nitrogens with one attached hydrogen (secondary N) is 2. The third-order valence-electron chi connectivity index (χ3n) is 10.2. The van der Waals surface area contributed by atoms with Crippen LogP contribution < -0.4 is 15.4 Å². The van der Waals surface area contributed by atoms with Crippen LogP contribution in [0.1, 0.15) is 61.4 Å². The van der Waals surface area contributed by atoms with Crippen LogP contribution >= 0.6 is 0 Å². The molecule has 0 spiro atoms. The number of nitrogens with zero attached hydrogens (tertiary/aromatic N) is 3. The maximum atomic E-state index is 15.4. The van der Waals surface area contributed by atoms with Crippen molar-refractivity contribution in [3.8, 4) is 5.88 Å². The van der Waals surface area contributed by atoms with E-state index in [1.807, 2.05) is 0 Å². The van der Waals surface area contributed by atoms with Crippen LogP contribution in [0.3, 0.4) is 0 Å². The molecule has 1 unspecified atom stereocenters. The van der Waals surface area contributed by atoms with Gasteiger partial charge in [-0.3, -0.25) is 4.79 Å². The molecule has 2 atom stereocenters. The van der Waals surface area contributed by atoms with Crippen molar-refractivity contribution in [2.75, 3.05) is 46.1 Å². The number of aromatic nitrogens is 3. The largest absolute Gasteiger partial charge is 0.476 e. The Morgan fingerprint density at radius 2 is 1.89 bits per heavy atom. The fraction of sp³-hybridized carbons (Fsp3) is 0.425. The second-order valence-electron chi connectivity index (χ2n) is 14.1. The number of pyridine rings is 1. The number of alkyl halides is 3. The first kappa shape index (κ1) is 37.8. The van der Waals surface area contributed by atoms with Gasteiger partial charge in [0.25, 0.3) is 0 Å². The SMILES string of the molecule is O=C(/C=C/CNC1(COc2ccc(/C(=C(/CC(F)(F)F)c3ccccc3)c3ccc4c(c3)c(F)nn4C3CCCCO3)cn2)CC1)[C@]1(CO)CNCCO1. The zero-order chi connectivity index (χ0) is 37.8. The van der Waals surface area contributed by atoms with Crippen molar-refractivity contribution in [1.82, 2.24) is 25.4 Å². The Bertz CT molecular complexity index is 1980. The lowest BCUT2D eigenvalue weighted by molar-refractivity contribution is -0.149. The van der Waals surface area contributed by atoms with Crippen LogP contribution in [0.5, 0.6) is 5.88 Å². The average molecular weight is 750 g/mol. The van der Waals surface area contributed by atoms with Gasteiger partial charge in [0.1, 0.15) is 6.61 Å². The zero-order valence-electron chi connectivity index (χ0n) is 29.7. The van der Waals surface area contributed by atoms with E-state index in [0.29, 0.717) is 54.9 Å². The van der Waals surface area contributed by atoms with Crippen molar-refractivity contribution in [3.05, 3.63) is 102 Å². The van der Waals surface area contributed by atoms with Gasteiger partial charge in [-0.15, -0.1) is 5.10 Å². The lowest BCUT2D eigenvalue weighted by Gasteiger charge is -2.33. The van der Waals surface area contributed by atoms with E-state index in [4.69, 9.17) is 14.2 Å². The molecule has 3 fully saturated rings. The Morgan fingerprint density at radius 1 is 1.07 bits per heavy atom. The maximum absolute atomic E-state index is 15.4. The highest BCUT2D eigenvalue weighted by Gasteiger charge is 2.43. The Kier molecular flexibility index (Phi) is 11.3. The highest BCUT2D eigenvalue weighted by atomic mass is 19.4. The van der Waals surface area contributed by atoms with Crippen molar-refractivity contribution in [1.29, 1.82) is 0 Å². The lowest BCUT2D eigenvalue weighted by atomic mass is 9.88. The van der Waals surface area contributed by atoms with Gasteiger partial charge in [0, 0.05) is 44.1 Å². The average Bonchev–Trinajstić information content (AvgIpc) is 3.90. The summed E-state index contributed by atoms with van der Waals surface area (Å²) >= 11 is 0. The summed E-state index contributed by atoms with van der Waals surface area (Å²) in [5, 5.41) is 20.6. The zero-order valence-corrected chi connectivity index (χ0v) is 29.7. The molecule has 4 aromatic rings. The summed E-state index contributed by atoms with van der Waals surface area (Å²) in [7, 11) is 0. The summed E-state index contributed by atoms with van der Waals surface area (Å²) in [4.78, 5) is 17.2. The van der Waals surface area contributed by atoms with Crippen LogP contribution in [-0.2, 0) is 14.3 Å². The number of hydrogen-bond acceptors (Lipinski definition) is 9. The van der Waals surface area contributed by atoms with Gasteiger partial charge < -0.3 is 30.0 Å². The maximum Gasteiger partial charge on any atom is 0.393 e. The first-order chi connectivity index (χ1) is 26.1. The van der Waals surface area contributed by atoms with Crippen LogP contribution in [0, 0.1) is 5.95 Å². The van der Waals surface area contributed by atoms with Crippen LogP contribution in [0.15, 0.2) is 79.0 Å². The predicted octanol–water partition coefficient (Wildman–Crippen LogP) is 6.16. The molecule has 0 bridgehead atoms. The molecule has 10 nitrogen and oxygen atoms in total. The molecule has 4 heterocycles. The predicted molar refractivity (Wildman–Crippen MR) is 194 cm³/mol. The summed E-state index contributed by atoms with van der Waals surface area (Å²) in [6.07, 6.45) is 2.61. The number of aliphatic hydroxyl groups is 1. The van der Waals surface area contributed by atoms with E-state index in [0.717, 1.165) is 25.7 Å². The molecular weight excluding hydrogens is 706 g/mol. The quantitative estimate of drug-likeness (QED) is 0.0792. The number of allylic oxidation sites excluding steroid dienone is 1. The standard InChI is InChI=1S/C40H43F4N5O5/c41-37-30-21-28(11-13-32(30)49(48-37)35-10-4-5-19-52-35)36(31(22-40(42,43)44)27-7-2-1-3-8-27)29-12-14-34(46-23-29)53-26-38(15-16-38)47-17-6-9-33(51)39(25-50)24-45-18-20-54-39/h1-3,6-9,11-14,21,23,35,45,47,50H,4-5,10,15-20,22,24-26H2/b9-6+,36-31-/t35?,39-/m1/s1. The Morgan fingerprint density at radius 3 is 2.56 bits per heavy atom. The third-order valence-corrected chi connectivity index (χ3v) is 10.2. The second kappa shape index (κ2) is 16.1. The molecule has 54 heavy (non-hydrogen) atoms. The lowest BCUT2D eigenvalue weighted by Crippen LogP contribution is -2.57. The Balaban J connectivity index is 1.12. The minimum Gasteiger partial charge on any atom is -0.476 e. The van der Waals surface area contributed by atoms with E-state index >= 15 is 4.39 Å². The molecule has 2 aliphatic heterocycles. The Hall–Kier alpha value is -4.47. The van der Waals surface area contributed by atoms with Crippen LogP contribution in [0.4, 0.5) is 17.6 Å². The molecule has 2 aromatic heterocycles. The highest BCUT2D eigenvalue weighted by Crippen LogP contribution is 2.41. The van der Waals surface area contributed by atoms with Crippen molar-refractivity contribution in [2.24, 2.45) is 0 Å². The van der Waals surface area contributed by atoms with Gasteiger partial charge in [-0.1, -0.05) is 42.5 Å². The molecule has 14 heteroatoms. The molecule has 286 valence electrons. The summed E-state index contributed by atoms with van der Waals surface area (Å²) < 4.78 is 77.2. The number of morpholine rings is 1. The first-order valence-corrected chi connectivity index (χ1v) is 18.2. The van der Waals surface area contributed by atoms with E-state index in [2.05, 4.69) is 20.7 Å². The molecule has 7 rings (SSSR count). The number of fused-ring (bicyclic) bond motifs is 1. The van der Waals surface area contributed by atoms with Crippen molar-refractivity contribution < 1.29 is 41.7 Å². The van der Waals surface area contributed by atoms with Gasteiger partial charge >= 0.3 is 6.18 Å². The Labute approximate surface area is 310 Å². The molecular formula is C40H43F4N5O5. The summed E-state index contributed by atoms with van der Waals surface area (Å²) in [5.74, 6) is -0.748. The molecule has 0 radical (unpaired) electrons. The smallest absolute Gasteiger partial charge is 0.393 e. The monoisotopic (exact) mass is 749 g/mol. The summed E-state index contributed by atoms with van der Waals surface area (Å²) in [6, 6.07) is 16.5. The number of aliphatic hydroxyl groups excluding tert-OH is 1. The van der Waals surface area contributed by atoms with E-state index in [1.165, 1.54) is 17.0 Å². The number of halogens is 4. The number of ketones is 1. The van der Waals surface area contributed by atoms with Gasteiger partial charge in [-0.05, 0) is 78.7 Å². The molecule has 2 aromatic carbocycles. The van der Waals surface area contributed by atoms with Gasteiger partial charge in [0.05, 0.1) is 36.1 Å². The van der Waals surface area contributed by atoms with Crippen LogP contribution in [0.2, 0.25) is 0 Å². The minimum atomic E-state index is -4.54. The highest BCUT2D eigenvalue weighted by molar-refractivity contribution is 6.00. The molecule has 3 N–H and O–H groups in total. The normalized spacial score (nSPS) is 22.0. The van der Waals surface area contributed by atoms with E-state index in [9.17, 15) is 23.1 Å². The summed E-state index contributed by atoms with van der Waals surface area (Å²) in [6.45, 7) is 2.00. The van der Waals surface area contributed by atoms with Crippen molar-refractivity contribution >= 4 is 27.8 Å². The topological polar surface area (TPSA) is 120 Å². The first-order valence-electron chi connectivity index (χ1n) is 18.2. The molecule has 1 saturated carbocycles. The van der Waals surface area contributed by atoms with Gasteiger partial charge in [-0.2, -0.15) is 17.6 Å². The van der Waals surface area contributed by atoms with E-state index in [1.54, 1.807) is 66.7 Å². The molecule has 1 aliphatic carbocycles. The number of hydrogen-bond donors (Lipinski definition) is 3. The fourth-order valence-corrected chi connectivity index (χ4v) is 7.02. The fourth-order valence-electron chi connectivity index (χ4n) is 7.02. The van der Waals surface area contributed by atoms with E-state index in [-0.39, 0.29) is 46.9 Å². The second-order valence-corrected chi connectivity index (χ2v) is 14.1.